The number of ether oxygens (including phenoxy) is 1. The Morgan fingerprint density at radius 1 is 1.17 bits per heavy atom. The third kappa shape index (κ3) is 4.99. The van der Waals surface area contributed by atoms with Gasteiger partial charge in [-0.3, -0.25) is 9.59 Å². The summed E-state index contributed by atoms with van der Waals surface area (Å²) in [6.07, 6.45) is -0.645. The van der Waals surface area contributed by atoms with Crippen molar-refractivity contribution in [2.75, 3.05) is 7.05 Å². The molecule has 2 N–H and O–H groups in total. The number of carbonyl (C=O) groups excluding carboxylic acids is 2. The van der Waals surface area contributed by atoms with E-state index in [9.17, 15) is 9.59 Å². The van der Waals surface area contributed by atoms with Crippen LogP contribution in [0.2, 0.25) is 5.02 Å². The van der Waals surface area contributed by atoms with E-state index in [-0.39, 0.29) is 11.8 Å². The normalized spacial score (nSPS) is 11.5. The minimum atomic E-state index is -0.645. The molecule has 126 valence electrons. The van der Waals surface area contributed by atoms with Crippen LogP contribution in [0.4, 0.5) is 0 Å². The number of benzene rings is 2. The molecule has 0 aliphatic heterocycles. The zero-order chi connectivity index (χ0) is 17.5. The highest BCUT2D eigenvalue weighted by Gasteiger charge is 2.14. The molecule has 24 heavy (non-hydrogen) atoms. The van der Waals surface area contributed by atoms with E-state index < -0.39 is 6.10 Å². The van der Waals surface area contributed by atoms with Gasteiger partial charge in [-0.1, -0.05) is 29.8 Å². The van der Waals surface area contributed by atoms with Gasteiger partial charge in [0.15, 0.2) is 6.10 Å². The lowest BCUT2D eigenvalue weighted by molar-refractivity contribution is -0.127. The van der Waals surface area contributed by atoms with Crippen LogP contribution in [0.5, 0.6) is 5.75 Å². The van der Waals surface area contributed by atoms with Crippen LogP contribution in [-0.2, 0) is 11.3 Å². The van der Waals surface area contributed by atoms with Crippen molar-refractivity contribution in [1.29, 1.82) is 0 Å². The van der Waals surface area contributed by atoms with Gasteiger partial charge in [-0.05, 0) is 42.8 Å². The van der Waals surface area contributed by atoms with Gasteiger partial charge < -0.3 is 15.4 Å². The minimum absolute atomic E-state index is 0.144. The second kappa shape index (κ2) is 8.36. The van der Waals surface area contributed by atoms with Crippen LogP contribution in [-0.4, -0.2) is 25.0 Å². The lowest BCUT2D eigenvalue weighted by Crippen LogP contribution is -2.35. The number of nitrogens with one attached hydrogen (secondary N) is 2. The van der Waals surface area contributed by atoms with Crippen molar-refractivity contribution in [2.45, 2.75) is 19.6 Å². The fraction of sp³-hybridized carbons (Fsp3) is 0.222. The van der Waals surface area contributed by atoms with E-state index in [1.54, 1.807) is 62.5 Å². The van der Waals surface area contributed by atoms with Crippen molar-refractivity contribution in [2.24, 2.45) is 0 Å². The molecular formula is C18H19ClN2O3. The summed E-state index contributed by atoms with van der Waals surface area (Å²) in [6, 6.07) is 13.9. The Labute approximate surface area is 146 Å². The zero-order valence-corrected chi connectivity index (χ0v) is 14.3. The standard InChI is InChI=1S/C18H19ClN2O3/c1-12(24-16-5-3-4-15(19)10-16)17(22)21-11-13-6-8-14(9-7-13)18(23)20-2/h3-10,12H,11H2,1-2H3,(H,20,23)(H,21,22). The molecule has 1 unspecified atom stereocenters. The number of hydrogen-bond acceptors (Lipinski definition) is 3. The first-order valence-corrected chi connectivity index (χ1v) is 7.88. The highest BCUT2D eigenvalue weighted by atomic mass is 35.5. The van der Waals surface area contributed by atoms with Gasteiger partial charge in [-0.25, -0.2) is 0 Å². The van der Waals surface area contributed by atoms with Crippen molar-refractivity contribution in [3.05, 3.63) is 64.7 Å². The molecule has 5 nitrogen and oxygen atoms in total. The Balaban J connectivity index is 1.87. The number of rotatable bonds is 6. The molecule has 0 saturated carbocycles. The van der Waals surface area contributed by atoms with Crippen molar-refractivity contribution in [3.8, 4) is 5.75 Å². The number of hydrogen-bond donors (Lipinski definition) is 2. The SMILES string of the molecule is CNC(=O)c1ccc(CNC(=O)C(C)Oc2cccc(Cl)c2)cc1. The fourth-order valence-electron chi connectivity index (χ4n) is 2.05. The smallest absolute Gasteiger partial charge is 0.261 e. The number of carbonyl (C=O) groups is 2. The third-order valence-electron chi connectivity index (χ3n) is 3.39. The molecule has 1 atom stereocenters. The Morgan fingerprint density at radius 2 is 1.88 bits per heavy atom. The topological polar surface area (TPSA) is 67.4 Å². The molecule has 0 bridgehead atoms. The van der Waals surface area contributed by atoms with Gasteiger partial charge >= 0.3 is 0 Å². The first kappa shape index (κ1) is 17.8. The molecule has 0 radical (unpaired) electrons. The molecule has 0 aliphatic rings. The minimum Gasteiger partial charge on any atom is -0.481 e. The Bertz CT molecular complexity index is 716. The second-order valence-corrected chi connectivity index (χ2v) is 5.65. The first-order valence-electron chi connectivity index (χ1n) is 7.50. The van der Waals surface area contributed by atoms with Crippen LogP contribution >= 0.6 is 11.6 Å². The van der Waals surface area contributed by atoms with Crippen LogP contribution in [0.25, 0.3) is 0 Å². The molecule has 0 spiro atoms. The van der Waals surface area contributed by atoms with Crippen LogP contribution in [0.15, 0.2) is 48.5 Å². The van der Waals surface area contributed by atoms with Crippen molar-refractivity contribution in [1.82, 2.24) is 10.6 Å². The number of amides is 2. The molecule has 0 saturated heterocycles. The lowest BCUT2D eigenvalue weighted by Gasteiger charge is -2.15. The molecule has 2 aromatic carbocycles. The Morgan fingerprint density at radius 3 is 2.50 bits per heavy atom. The van der Waals surface area contributed by atoms with E-state index in [4.69, 9.17) is 16.3 Å². The van der Waals surface area contributed by atoms with E-state index >= 15 is 0 Å². The van der Waals surface area contributed by atoms with Crippen LogP contribution in [0.3, 0.4) is 0 Å². The highest BCUT2D eigenvalue weighted by molar-refractivity contribution is 6.30. The highest BCUT2D eigenvalue weighted by Crippen LogP contribution is 2.18. The predicted molar refractivity (Wildman–Crippen MR) is 93.2 cm³/mol. The second-order valence-electron chi connectivity index (χ2n) is 5.21. The summed E-state index contributed by atoms with van der Waals surface area (Å²) in [5.74, 6) is 0.166. The molecule has 0 heterocycles. The predicted octanol–water partition coefficient (Wildman–Crippen LogP) is 2.78. The van der Waals surface area contributed by atoms with Gasteiger partial charge in [-0.2, -0.15) is 0 Å². The van der Waals surface area contributed by atoms with Gasteiger partial charge in [0.05, 0.1) is 0 Å². The van der Waals surface area contributed by atoms with Gasteiger partial charge in [0.1, 0.15) is 5.75 Å². The van der Waals surface area contributed by atoms with E-state index in [0.717, 1.165) is 5.56 Å². The van der Waals surface area contributed by atoms with Gasteiger partial charge in [0.2, 0.25) is 0 Å². The quantitative estimate of drug-likeness (QED) is 0.845. The molecule has 6 heteroatoms. The fourth-order valence-corrected chi connectivity index (χ4v) is 2.23. The van der Waals surface area contributed by atoms with E-state index in [1.165, 1.54) is 0 Å². The summed E-state index contributed by atoms with van der Waals surface area (Å²) in [5, 5.41) is 5.91. The lowest BCUT2D eigenvalue weighted by atomic mass is 10.1. The summed E-state index contributed by atoms with van der Waals surface area (Å²) < 4.78 is 5.56. The monoisotopic (exact) mass is 346 g/mol. The molecule has 2 rings (SSSR count). The van der Waals surface area contributed by atoms with E-state index in [0.29, 0.717) is 22.9 Å². The summed E-state index contributed by atoms with van der Waals surface area (Å²) in [6.45, 7) is 2.03. The largest absolute Gasteiger partial charge is 0.481 e. The van der Waals surface area contributed by atoms with Crippen LogP contribution in [0, 0.1) is 0 Å². The van der Waals surface area contributed by atoms with Gasteiger partial charge in [0, 0.05) is 24.2 Å². The van der Waals surface area contributed by atoms with Crippen LogP contribution in [0.1, 0.15) is 22.8 Å². The average molecular weight is 347 g/mol. The first-order chi connectivity index (χ1) is 11.5. The molecular weight excluding hydrogens is 328 g/mol. The van der Waals surface area contributed by atoms with Gasteiger partial charge in [0.25, 0.3) is 11.8 Å². The maximum Gasteiger partial charge on any atom is 0.261 e. The molecule has 2 aromatic rings. The maximum atomic E-state index is 12.1. The van der Waals surface area contributed by atoms with Crippen molar-refractivity contribution < 1.29 is 14.3 Å². The molecule has 0 fully saturated rings. The van der Waals surface area contributed by atoms with Crippen molar-refractivity contribution >= 4 is 23.4 Å². The number of halogens is 1. The zero-order valence-electron chi connectivity index (χ0n) is 13.5. The van der Waals surface area contributed by atoms with Crippen LogP contribution < -0.4 is 15.4 Å². The third-order valence-corrected chi connectivity index (χ3v) is 3.62. The Kier molecular flexibility index (Phi) is 6.21. The molecule has 0 aliphatic carbocycles. The molecule has 0 aromatic heterocycles. The van der Waals surface area contributed by atoms with E-state index in [2.05, 4.69) is 10.6 Å². The molecule has 2 amide bonds. The van der Waals surface area contributed by atoms with Crippen molar-refractivity contribution in [3.63, 3.8) is 0 Å². The van der Waals surface area contributed by atoms with E-state index in [1.807, 2.05) is 0 Å². The summed E-state index contributed by atoms with van der Waals surface area (Å²) in [7, 11) is 1.58. The summed E-state index contributed by atoms with van der Waals surface area (Å²) >= 11 is 5.89. The maximum absolute atomic E-state index is 12.1. The average Bonchev–Trinajstić information content (AvgIpc) is 2.59. The van der Waals surface area contributed by atoms with Gasteiger partial charge in [-0.15, -0.1) is 0 Å². The summed E-state index contributed by atoms with van der Waals surface area (Å²) in [5.41, 5.74) is 1.47. The summed E-state index contributed by atoms with van der Waals surface area (Å²) in [4.78, 5) is 23.6. The Hall–Kier alpha value is -2.53.